The van der Waals surface area contributed by atoms with Crippen LogP contribution < -0.4 is 4.74 Å². The number of carbonyl (C=O) groups is 2. The standard InChI is InChI=1S/C27H33N5O4S/c1-4-36-27(34)31-17-15-30(16-18-31)24(33)6-5-19-37-26-29-28-25(21-9-7-20(2)8-10-21)32(26)22-11-13-23(35-3)14-12-22/h7-14H,4-6,15-19H2,1-3H3. The molecule has 2 amide bonds. The maximum Gasteiger partial charge on any atom is 0.409 e. The Kier molecular flexibility index (Phi) is 9.05. The summed E-state index contributed by atoms with van der Waals surface area (Å²) in [5, 5.41) is 9.75. The summed E-state index contributed by atoms with van der Waals surface area (Å²) < 4.78 is 12.4. The van der Waals surface area contributed by atoms with Crippen molar-refractivity contribution in [2.24, 2.45) is 0 Å². The molecule has 0 saturated carbocycles. The predicted octanol–water partition coefficient (Wildman–Crippen LogP) is 4.42. The second kappa shape index (κ2) is 12.6. The van der Waals surface area contributed by atoms with Crippen molar-refractivity contribution in [2.45, 2.75) is 31.8 Å². The van der Waals surface area contributed by atoms with E-state index < -0.39 is 0 Å². The topological polar surface area (TPSA) is 89.8 Å². The lowest BCUT2D eigenvalue weighted by Crippen LogP contribution is -2.50. The number of ether oxygens (including phenoxy) is 2. The van der Waals surface area contributed by atoms with Crippen molar-refractivity contribution in [1.29, 1.82) is 0 Å². The molecule has 10 heteroatoms. The van der Waals surface area contributed by atoms with Crippen molar-refractivity contribution in [3.8, 4) is 22.8 Å². The zero-order valence-corrected chi connectivity index (χ0v) is 22.4. The lowest BCUT2D eigenvalue weighted by atomic mass is 10.1. The van der Waals surface area contributed by atoms with Crippen LogP contribution >= 0.6 is 11.8 Å². The molecule has 2 aromatic carbocycles. The van der Waals surface area contributed by atoms with E-state index in [1.165, 1.54) is 5.56 Å². The highest BCUT2D eigenvalue weighted by Gasteiger charge is 2.24. The predicted molar refractivity (Wildman–Crippen MR) is 143 cm³/mol. The molecule has 0 N–H and O–H groups in total. The molecule has 1 saturated heterocycles. The summed E-state index contributed by atoms with van der Waals surface area (Å²) in [6.07, 6.45) is 0.863. The molecular weight excluding hydrogens is 490 g/mol. The molecule has 0 unspecified atom stereocenters. The van der Waals surface area contributed by atoms with Crippen LogP contribution in [0.1, 0.15) is 25.3 Å². The number of thioether (sulfide) groups is 1. The third-order valence-electron chi connectivity index (χ3n) is 6.20. The summed E-state index contributed by atoms with van der Waals surface area (Å²) in [6.45, 7) is 6.29. The number of benzene rings is 2. The number of rotatable bonds is 9. The molecule has 0 radical (unpaired) electrons. The molecule has 1 fully saturated rings. The quantitative estimate of drug-likeness (QED) is 0.303. The van der Waals surface area contributed by atoms with Gasteiger partial charge in [0.05, 0.1) is 13.7 Å². The van der Waals surface area contributed by atoms with E-state index in [-0.39, 0.29) is 12.0 Å². The zero-order chi connectivity index (χ0) is 26.2. The van der Waals surface area contributed by atoms with Crippen LogP contribution in [0.15, 0.2) is 53.7 Å². The van der Waals surface area contributed by atoms with Crippen molar-refractivity contribution in [3.05, 3.63) is 54.1 Å². The molecule has 0 aliphatic carbocycles. The second-order valence-corrected chi connectivity index (χ2v) is 9.79. The van der Waals surface area contributed by atoms with Gasteiger partial charge in [-0.05, 0) is 44.5 Å². The number of amides is 2. The highest BCUT2D eigenvalue weighted by molar-refractivity contribution is 7.99. The van der Waals surface area contributed by atoms with Crippen LogP contribution in [0.5, 0.6) is 5.75 Å². The summed E-state index contributed by atoms with van der Waals surface area (Å²) in [5.41, 5.74) is 3.11. The number of piperazine rings is 1. The van der Waals surface area contributed by atoms with Gasteiger partial charge in [-0.15, -0.1) is 10.2 Å². The Labute approximate surface area is 221 Å². The fourth-order valence-electron chi connectivity index (χ4n) is 4.12. The van der Waals surface area contributed by atoms with E-state index in [1.54, 1.807) is 30.7 Å². The Bertz CT molecular complexity index is 1190. The fourth-order valence-corrected chi connectivity index (χ4v) is 5.01. The van der Waals surface area contributed by atoms with Gasteiger partial charge in [-0.3, -0.25) is 9.36 Å². The van der Waals surface area contributed by atoms with Gasteiger partial charge in [-0.25, -0.2) is 4.79 Å². The molecule has 37 heavy (non-hydrogen) atoms. The monoisotopic (exact) mass is 523 g/mol. The second-order valence-electron chi connectivity index (χ2n) is 8.72. The van der Waals surface area contributed by atoms with Crippen LogP contribution in [-0.2, 0) is 9.53 Å². The lowest BCUT2D eigenvalue weighted by Gasteiger charge is -2.34. The summed E-state index contributed by atoms with van der Waals surface area (Å²) >= 11 is 1.59. The smallest absolute Gasteiger partial charge is 0.409 e. The van der Waals surface area contributed by atoms with Gasteiger partial charge in [-0.2, -0.15) is 0 Å². The Morgan fingerprint density at radius 2 is 1.62 bits per heavy atom. The van der Waals surface area contributed by atoms with Crippen LogP contribution in [-0.4, -0.2) is 82.2 Å². The van der Waals surface area contributed by atoms with Crippen molar-refractivity contribution in [3.63, 3.8) is 0 Å². The summed E-state index contributed by atoms with van der Waals surface area (Å²) in [5.74, 6) is 2.39. The zero-order valence-electron chi connectivity index (χ0n) is 21.6. The third-order valence-corrected chi connectivity index (χ3v) is 7.21. The van der Waals surface area contributed by atoms with Crippen molar-refractivity contribution in [1.82, 2.24) is 24.6 Å². The SMILES string of the molecule is CCOC(=O)N1CCN(C(=O)CCCSc2nnc(-c3ccc(C)cc3)n2-c2ccc(OC)cc2)CC1. The molecular formula is C27H33N5O4S. The largest absolute Gasteiger partial charge is 0.497 e. The van der Waals surface area contributed by atoms with Gasteiger partial charge in [0.1, 0.15) is 5.75 Å². The van der Waals surface area contributed by atoms with Gasteiger partial charge in [0, 0.05) is 49.6 Å². The molecule has 0 spiro atoms. The van der Waals surface area contributed by atoms with Crippen LogP contribution in [0, 0.1) is 6.92 Å². The van der Waals surface area contributed by atoms with E-state index in [0.717, 1.165) is 40.2 Å². The fraction of sp³-hybridized carbons (Fsp3) is 0.407. The third kappa shape index (κ3) is 6.62. The van der Waals surface area contributed by atoms with Gasteiger partial charge in [0.15, 0.2) is 11.0 Å². The van der Waals surface area contributed by atoms with Gasteiger partial charge in [0.2, 0.25) is 5.91 Å². The minimum absolute atomic E-state index is 0.112. The molecule has 0 bridgehead atoms. The number of aromatic nitrogens is 3. The Morgan fingerprint density at radius 3 is 2.27 bits per heavy atom. The van der Waals surface area contributed by atoms with E-state index in [0.29, 0.717) is 39.2 Å². The van der Waals surface area contributed by atoms with Gasteiger partial charge in [0.25, 0.3) is 0 Å². The first-order valence-corrected chi connectivity index (χ1v) is 13.5. The molecule has 1 aliphatic rings. The van der Waals surface area contributed by atoms with Gasteiger partial charge >= 0.3 is 6.09 Å². The van der Waals surface area contributed by atoms with E-state index in [2.05, 4.69) is 29.3 Å². The van der Waals surface area contributed by atoms with E-state index in [9.17, 15) is 9.59 Å². The van der Waals surface area contributed by atoms with Crippen LogP contribution in [0.3, 0.4) is 0 Å². The first-order valence-electron chi connectivity index (χ1n) is 12.5. The minimum Gasteiger partial charge on any atom is -0.497 e. The first kappa shape index (κ1) is 26.5. The summed E-state index contributed by atoms with van der Waals surface area (Å²) in [4.78, 5) is 28.1. The van der Waals surface area contributed by atoms with Crippen LogP contribution in [0.4, 0.5) is 4.79 Å². The maximum atomic E-state index is 12.7. The van der Waals surface area contributed by atoms with E-state index in [1.807, 2.05) is 45.9 Å². The number of hydrogen-bond acceptors (Lipinski definition) is 7. The highest BCUT2D eigenvalue weighted by atomic mass is 32.2. The lowest BCUT2D eigenvalue weighted by molar-refractivity contribution is -0.132. The normalized spacial score (nSPS) is 13.5. The molecule has 3 aromatic rings. The molecule has 1 aromatic heterocycles. The van der Waals surface area contributed by atoms with Gasteiger partial charge < -0.3 is 19.3 Å². The number of carbonyl (C=O) groups excluding carboxylic acids is 2. The summed E-state index contributed by atoms with van der Waals surface area (Å²) in [6, 6.07) is 16.0. The average Bonchev–Trinajstić information content (AvgIpc) is 3.35. The van der Waals surface area contributed by atoms with Crippen molar-refractivity contribution in [2.75, 3.05) is 45.6 Å². The van der Waals surface area contributed by atoms with E-state index >= 15 is 0 Å². The molecule has 2 heterocycles. The average molecular weight is 524 g/mol. The molecule has 196 valence electrons. The molecule has 4 rings (SSSR count). The summed E-state index contributed by atoms with van der Waals surface area (Å²) in [7, 11) is 1.65. The number of methoxy groups -OCH3 is 1. The van der Waals surface area contributed by atoms with E-state index in [4.69, 9.17) is 9.47 Å². The maximum absolute atomic E-state index is 12.7. The number of hydrogen-bond donors (Lipinski definition) is 0. The molecule has 0 atom stereocenters. The minimum atomic E-state index is -0.308. The van der Waals surface area contributed by atoms with Crippen LogP contribution in [0.2, 0.25) is 0 Å². The highest BCUT2D eigenvalue weighted by Crippen LogP contribution is 2.29. The van der Waals surface area contributed by atoms with Gasteiger partial charge in [-0.1, -0.05) is 41.6 Å². The van der Waals surface area contributed by atoms with Crippen molar-refractivity contribution < 1.29 is 19.1 Å². The first-order chi connectivity index (χ1) is 18.0. The Hall–Kier alpha value is -3.53. The van der Waals surface area contributed by atoms with Crippen LogP contribution in [0.25, 0.3) is 17.1 Å². The molecule has 9 nitrogen and oxygen atoms in total. The molecule has 1 aliphatic heterocycles. The number of aryl methyl sites for hydroxylation is 1. The Balaban J connectivity index is 1.37. The Morgan fingerprint density at radius 1 is 0.946 bits per heavy atom. The number of nitrogens with zero attached hydrogens (tertiary/aromatic N) is 5. The van der Waals surface area contributed by atoms with Crippen molar-refractivity contribution >= 4 is 23.8 Å².